The second-order valence-electron chi connectivity index (χ2n) is 4.51. The highest BCUT2D eigenvalue weighted by atomic mass is 79.9. The van der Waals surface area contributed by atoms with Gasteiger partial charge in [-0.2, -0.15) is 0 Å². The Morgan fingerprint density at radius 3 is 2.32 bits per heavy atom. The van der Waals surface area contributed by atoms with Gasteiger partial charge in [0.15, 0.2) is 11.6 Å². The molecule has 100 valence electrons. The Kier molecular flexibility index (Phi) is 4.02. The number of aryl methyl sites for hydroxylation is 2. The monoisotopic (exact) mass is 326 g/mol. The van der Waals surface area contributed by atoms with Crippen molar-refractivity contribution in [3.63, 3.8) is 0 Å². The second-order valence-corrected chi connectivity index (χ2v) is 5.37. The minimum absolute atomic E-state index is 0.0511. The lowest BCUT2D eigenvalue weighted by Crippen LogP contribution is -2.05. The Bertz CT molecular complexity index is 626. The number of benzene rings is 2. The van der Waals surface area contributed by atoms with E-state index >= 15 is 0 Å². The average molecular weight is 327 g/mol. The smallest absolute Gasteiger partial charge is 0.165 e. The number of aliphatic hydroxyl groups is 1. The highest BCUT2D eigenvalue weighted by molar-refractivity contribution is 9.10. The third kappa shape index (κ3) is 2.69. The molecule has 4 heteroatoms. The second kappa shape index (κ2) is 5.39. The predicted octanol–water partition coefficient (Wildman–Crippen LogP) is 4.43. The summed E-state index contributed by atoms with van der Waals surface area (Å²) in [7, 11) is 0. The van der Waals surface area contributed by atoms with E-state index in [9.17, 15) is 13.9 Å². The van der Waals surface area contributed by atoms with E-state index in [1.807, 2.05) is 6.92 Å². The van der Waals surface area contributed by atoms with Gasteiger partial charge in [-0.1, -0.05) is 40.2 Å². The van der Waals surface area contributed by atoms with Crippen LogP contribution in [0.25, 0.3) is 0 Å². The van der Waals surface area contributed by atoms with Gasteiger partial charge in [-0.05, 0) is 36.6 Å². The summed E-state index contributed by atoms with van der Waals surface area (Å²) in [5.41, 5.74) is 1.62. The molecule has 2 rings (SSSR count). The van der Waals surface area contributed by atoms with Crippen molar-refractivity contribution in [2.75, 3.05) is 0 Å². The third-order valence-corrected chi connectivity index (χ3v) is 3.99. The van der Waals surface area contributed by atoms with Crippen LogP contribution in [-0.4, -0.2) is 5.11 Å². The van der Waals surface area contributed by atoms with E-state index < -0.39 is 17.7 Å². The maximum atomic E-state index is 13.8. The van der Waals surface area contributed by atoms with Crippen LogP contribution >= 0.6 is 15.9 Å². The fourth-order valence-electron chi connectivity index (χ4n) is 1.89. The van der Waals surface area contributed by atoms with Crippen LogP contribution in [0.5, 0.6) is 0 Å². The zero-order chi connectivity index (χ0) is 14.2. The molecule has 0 aromatic heterocycles. The zero-order valence-electron chi connectivity index (χ0n) is 10.5. The topological polar surface area (TPSA) is 20.2 Å². The van der Waals surface area contributed by atoms with Gasteiger partial charge in [0.25, 0.3) is 0 Å². The molecule has 0 aliphatic carbocycles. The van der Waals surface area contributed by atoms with Crippen LogP contribution in [0.4, 0.5) is 8.78 Å². The van der Waals surface area contributed by atoms with Crippen molar-refractivity contribution in [2.45, 2.75) is 20.0 Å². The fraction of sp³-hybridized carbons (Fsp3) is 0.200. The summed E-state index contributed by atoms with van der Waals surface area (Å²) in [5.74, 6) is -1.90. The summed E-state index contributed by atoms with van der Waals surface area (Å²) in [6.07, 6.45) is -1.18. The Balaban J connectivity index is 2.47. The van der Waals surface area contributed by atoms with Crippen molar-refractivity contribution < 1.29 is 13.9 Å². The van der Waals surface area contributed by atoms with Gasteiger partial charge in [-0.15, -0.1) is 0 Å². The summed E-state index contributed by atoms with van der Waals surface area (Å²) >= 11 is 3.35. The molecule has 0 bridgehead atoms. The van der Waals surface area contributed by atoms with Crippen molar-refractivity contribution >= 4 is 15.9 Å². The van der Waals surface area contributed by atoms with Gasteiger partial charge in [0.1, 0.15) is 6.10 Å². The molecule has 1 nitrogen and oxygen atoms in total. The van der Waals surface area contributed by atoms with Crippen molar-refractivity contribution in [2.24, 2.45) is 0 Å². The number of rotatable bonds is 2. The standard InChI is InChI=1S/C15H13BrF2O/c1-8-3-5-11(14(18)13(8)17)15(19)10-4-6-12(16)9(2)7-10/h3-7,15,19H,1-2H3. The molecule has 0 fully saturated rings. The molecule has 0 aliphatic rings. The van der Waals surface area contributed by atoms with Crippen LogP contribution in [0.2, 0.25) is 0 Å². The molecular weight excluding hydrogens is 314 g/mol. The molecule has 0 saturated carbocycles. The summed E-state index contributed by atoms with van der Waals surface area (Å²) in [5, 5.41) is 10.2. The molecule has 0 amide bonds. The molecule has 2 aromatic rings. The third-order valence-electron chi connectivity index (χ3n) is 3.10. The lowest BCUT2D eigenvalue weighted by molar-refractivity contribution is 0.213. The first-order valence-electron chi connectivity index (χ1n) is 5.80. The van der Waals surface area contributed by atoms with Crippen molar-refractivity contribution in [1.82, 2.24) is 0 Å². The summed E-state index contributed by atoms with van der Waals surface area (Å²) in [4.78, 5) is 0. The van der Waals surface area contributed by atoms with Crippen molar-refractivity contribution in [3.8, 4) is 0 Å². The van der Waals surface area contributed by atoms with E-state index in [1.165, 1.54) is 19.1 Å². The lowest BCUT2D eigenvalue weighted by Gasteiger charge is -2.14. The normalized spacial score (nSPS) is 12.5. The fourth-order valence-corrected chi connectivity index (χ4v) is 2.14. The van der Waals surface area contributed by atoms with E-state index in [1.54, 1.807) is 18.2 Å². The highest BCUT2D eigenvalue weighted by Gasteiger charge is 2.19. The largest absolute Gasteiger partial charge is 0.384 e. The predicted molar refractivity (Wildman–Crippen MR) is 74.0 cm³/mol. The van der Waals surface area contributed by atoms with E-state index in [-0.39, 0.29) is 11.1 Å². The quantitative estimate of drug-likeness (QED) is 0.865. The van der Waals surface area contributed by atoms with E-state index in [0.717, 1.165) is 10.0 Å². The Morgan fingerprint density at radius 2 is 1.68 bits per heavy atom. The van der Waals surface area contributed by atoms with Crippen LogP contribution in [0.15, 0.2) is 34.8 Å². The number of halogens is 3. The highest BCUT2D eigenvalue weighted by Crippen LogP contribution is 2.29. The van der Waals surface area contributed by atoms with Gasteiger partial charge >= 0.3 is 0 Å². The number of hydrogen-bond donors (Lipinski definition) is 1. The maximum Gasteiger partial charge on any atom is 0.165 e. The molecule has 0 spiro atoms. The van der Waals surface area contributed by atoms with Gasteiger partial charge in [-0.25, -0.2) is 8.78 Å². The van der Waals surface area contributed by atoms with Gasteiger partial charge in [-0.3, -0.25) is 0 Å². The van der Waals surface area contributed by atoms with Crippen LogP contribution in [0.3, 0.4) is 0 Å². The lowest BCUT2D eigenvalue weighted by atomic mass is 9.98. The first-order valence-corrected chi connectivity index (χ1v) is 6.59. The van der Waals surface area contributed by atoms with Crippen LogP contribution < -0.4 is 0 Å². The van der Waals surface area contributed by atoms with E-state index in [2.05, 4.69) is 15.9 Å². The molecule has 2 aromatic carbocycles. The van der Waals surface area contributed by atoms with Gasteiger partial charge in [0.05, 0.1) is 0 Å². The first-order chi connectivity index (χ1) is 8.91. The Hall–Kier alpha value is -1.26. The number of aliphatic hydroxyl groups excluding tert-OH is 1. The van der Waals surface area contributed by atoms with Gasteiger partial charge in [0.2, 0.25) is 0 Å². The average Bonchev–Trinajstić information content (AvgIpc) is 2.39. The molecule has 0 radical (unpaired) electrons. The zero-order valence-corrected chi connectivity index (χ0v) is 12.1. The van der Waals surface area contributed by atoms with Crippen LogP contribution in [0, 0.1) is 25.5 Å². The van der Waals surface area contributed by atoms with Crippen molar-refractivity contribution in [1.29, 1.82) is 0 Å². The molecule has 1 atom stereocenters. The van der Waals surface area contributed by atoms with Gasteiger partial charge < -0.3 is 5.11 Å². The minimum Gasteiger partial charge on any atom is -0.384 e. The molecular formula is C15H13BrF2O. The van der Waals surface area contributed by atoms with Crippen LogP contribution in [0.1, 0.15) is 28.4 Å². The van der Waals surface area contributed by atoms with Crippen LogP contribution in [-0.2, 0) is 0 Å². The maximum absolute atomic E-state index is 13.8. The van der Waals surface area contributed by atoms with Gasteiger partial charge in [0, 0.05) is 10.0 Å². The van der Waals surface area contributed by atoms with E-state index in [0.29, 0.717) is 5.56 Å². The molecule has 1 N–H and O–H groups in total. The molecule has 19 heavy (non-hydrogen) atoms. The first kappa shape index (κ1) is 14.2. The molecule has 0 saturated heterocycles. The molecule has 1 unspecified atom stereocenters. The van der Waals surface area contributed by atoms with Crippen molar-refractivity contribution in [3.05, 3.63) is 68.7 Å². The molecule has 0 aliphatic heterocycles. The summed E-state index contributed by atoms with van der Waals surface area (Å²) < 4.78 is 28.3. The van der Waals surface area contributed by atoms with E-state index in [4.69, 9.17) is 0 Å². The Morgan fingerprint density at radius 1 is 1.00 bits per heavy atom. The minimum atomic E-state index is -1.18. The number of hydrogen-bond acceptors (Lipinski definition) is 1. The summed E-state index contributed by atoms with van der Waals surface area (Å²) in [6.45, 7) is 3.35. The molecule has 0 heterocycles. The summed E-state index contributed by atoms with van der Waals surface area (Å²) in [6, 6.07) is 8.07. The SMILES string of the molecule is Cc1cc(C(O)c2ccc(C)c(F)c2F)ccc1Br. The Labute approximate surface area is 119 Å².